The van der Waals surface area contributed by atoms with Crippen LogP contribution in [0.3, 0.4) is 0 Å². The second kappa shape index (κ2) is 15.2. The summed E-state index contributed by atoms with van der Waals surface area (Å²) < 4.78 is 30.4. The maximum absolute atomic E-state index is 14.5. The zero-order valence-electron chi connectivity index (χ0n) is 25.2. The number of halogens is 1. The van der Waals surface area contributed by atoms with Crippen molar-refractivity contribution < 1.29 is 18.0 Å². The smallest absolute Gasteiger partial charge is 0.264 e. The number of carbonyl (C=O) groups excluding carboxylic acids is 2. The second-order valence-electron chi connectivity index (χ2n) is 10.8. The van der Waals surface area contributed by atoms with E-state index in [0.717, 1.165) is 27.6 Å². The van der Waals surface area contributed by atoms with Crippen LogP contribution in [0.25, 0.3) is 0 Å². The third-order valence-electron chi connectivity index (χ3n) is 7.33. The van der Waals surface area contributed by atoms with Crippen molar-refractivity contribution in [3.8, 4) is 0 Å². The highest BCUT2D eigenvalue weighted by Gasteiger charge is 2.35. The molecule has 4 aromatic carbocycles. The van der Waals surface area contributed by atoms with Crippen molar-refractivity contribution in [3.05, 3.63) is 130 Å². The molecule has 9 heteroatoms. The fraction of sp³-hybridized carbons (Fsp3) is 0.257. The zero-order valence-corrected chi connectivity index (χ0v) is 27.6. The molecule has 0 radical (unpaired) electrons. The van der Waals surface area contributed by atoms with Crippen LogP contribution in [0.2, 0.25) is 0 Å². The predicted octanol–water partition coefficient (Wildman–Crippen LogP) is 6.43. The summed E-state index contributed by atoms with van der Waals surface area (Å²) in [4.78, 5) is 29.8. The summed E-state index contributed by atoms with van der Waals surface area (Å²) in [6.45, 7) is 5.77. The van der Waals surface area contributed by atoms with Crippen molar-refractivity contribution in [2.75, 3.05) is 17.4 Å². The average Bonchev–Trinajstić information content (AvgIpc) is 3.03. The third kappa shape index (κ3) is 8.36. The van der Waals surface area contributed by atoms with Gasteiger partial charge in [0, 0.05) is 24.0 Å². The molecule has 0 saturated heterocycles. The van der Waals surface area contributed by atoms with E-state index in [2.05, 4.69) is 21.2 Å². The molecular weight excluding hydrogens is 638 g/mol. The molecule has 0 saturated carbocycles. The molecule has 230 valence electrons. The zero-order chi connectivity index (χ0) is 31.7. The number of hydrogen-bond acceptors (Lipinski definition) is 4. The minimum Gasteiger partial charge on any atom is -0.354 e. The summed E-state index contributed by atoms with van der Waals surface area (Å²) in [6, 6.07) is 29.8. The van der Waals surface area contributed by atoms with Gasteiger partial charge in [-0.1, -0.05) is 95.7 Å². The maximum atomic E-state index is 14.5. The van der Waals surface area contributed by atoms with Gasteiger partial charge in [0.15, 0.2) is 0 Å². The van der Waals surface area contributed by atoms with Crippen LogP contribution in [0, 0.1) is 13.8 Å². The topological polar surface area (TPSA) is 86.8 Å². The molecule has 4 aromatic rings. The van der Waals surface area contributed by atoms with Crippen LogP contribution in [0.5, 0.6) is 0 Å². The molecule has 0 aliphatic rings. The number of anilines is 1. The van der Waals surface area contributed by atoms with E-state index in [1.165, 1.54) is 21.3 Å². The summed E-state index contributed by atoms with van der Waals surface area (Å²) in [5.74, 6) is -0.772. The Kier molecular flexibility index (Phi) is 11.4. The lowest BCUT2D eigenvalue weighted by atomic mass is 10.0. The lowest BCUT2D eigenvalue weighted by Crippen LogP contribution is -2.53. The number of nitrogens with zero attached hydrogens (tertiary/aromatic N) is 2. The van der Waals surface area contributed by atoms with E-state index in [4.69, 9.17) is 0 Å². The fourth-order valence-electron chi connectivity index (χ4n) is 4.93. The number of nitrogens with one attached hydrogen (secondary N) is 1. The van der Waals surface area contributed by atoms with Gasteiger partial charge in [0.1, 0.15) is 12.6 Å². The van der Waals surface area contributed by atoms with Crippen LogP contribution < -0.4 is 9.62 Å². The summed E-state index contributed by atoms with van der Waals surface area (Å²) in [7, 11) is -4.14. The highest BCUT2D eigenvalue weighted by molar-refractivity contribution is 9.10. The van der Waals surface area contributed by atoms with Crippen LogP contribution in [0.1, 0.15) is 35.6 Å². The van der Waals surface area contributed by atoms with Gasteiger partial charge in [0.25, 0.3) is 10.0 Å². The normalized spacial score (nSPS) is 11.9. The van der Waals surface area contributed by atoms with Gasteiger partial charge in [0.2, 0.25) is 11.8 Å². The number of benzene rings is 4. The minimum absolute atomic E-state index is 0.0784. The third-order valence-corrected chi connectivity index (χ3v) is 9.63. The van der Waals surface area contributed by atoms with Crippen LogP contribution in [-0.4, -0.2) is 44.3 Å². The van der Waals surface area contributed by atoms with Crippen molar-refractivity contribution >= 4 is 43.5 Å². The van der Waals surface area contributed by atoms with Gasteiger partial charge in [-0.15, -0.1) is 0 Å². The summed E-state index contributed by atoms with van der Waals surface area (Å²) in [5, 5.41) is 2.97. The molecule has 0 bridgehead atoms. The molecule has 0 aromatic heterocycles. The molecule has 0 heterocycles. The first kappa shape index (κ1) is 33.0. The van der Waals surface area contributed by atoms with E-state index in [1.807, 2.05) is 87.5 Å². The lowest BCUT2D eigenvalue weighted by Gasteiger charge is -2.34. The van der Waals surface area contributed by atoms with Gasteiger partial charge in [-0.25, -0.2) is 8.42 Å². The summed E-state index contributed by atoms with van der Waals surface area (Å²) in [6.07, 6.45) is 1.01. The molecular formula is C35H38BrN3O4S. The molecule has 44 heavy (non-hydrogen) atoms. The van der Waals surface area contributed by atoms with Crippen molar-refractivity contribution in [1.82, 2.24) is 10.2 Å². The van der Waals surface area contributed by atoms with Gasteiger partial charge in [0.05, 0.1) is 10.6 Å². The Morgan fingerprint density at radius 3 is 2.11 bits per heavy atom. The molecule has 1 atom stereocenters. The predicted molar refractivity (Wildman–Crippen MR) is 179 cm³/mol. The van der Waals surface area contributed by atoms with Crippen LogP contribution in [0.15, 0.2) is 112 Å². The summed E-state index contributed by atoms with van der Waals surface area (Å²) >= 11 is 3.46. The molecule has 0 aliphatic heterocycles. The Morgan fingerprint density at radius 1 is 0.841 bits per heavy atom. The minimum atomic E-state index is -4.14. The first-order chi connectivity index (χ1) is 21.1. The van der Waals surface area contributed by atoms with Crippen LogP contribution >= 0.6 is 15.9 Å². The quantitative estimate of drug-likeness (QED) is 0.177. The number of rotatable bonds is 13. The van der Waals surface area contributed by atoms with E-state index >= 15 is 0 Å². The highest BCUT2D eigenvalue weighted by atomic mass is 79.9. The van der Waals surface area contributed by atoms with Gasteiger partial charge >= 0.3 is 0 Å². The lowest BCUT2D eigenvalue weighted by molar-refractivity contribution is -0.140. The van der Waals surface area contributed by atoms with Crippen LogP contribution in [-0.2, 0) is 32.6 Å². The van der Waals surface area contributed by atoms with Gasteiger partial charge < -0.3 is 10.2 Å². The van der Waals surface area contributed by atoms with Gasteiger partial charge in [-0.05, 0) is 72.9 Å². The molecule has 7 nitrogen and oxygen atoms in total. The molecule has 1 unspecified atom stereocenters. The van der Waals surface area contributed by atoms with Crippen LogP contribution in [0.4, 0.5) is 5.69 Å². The standard InChI is InChI=1S/C35H38BrN3O4S/c1-4-21-37-35(41)33(23-28-11-7-5-8-12-28)38(24-29-17-19-30(36)20-18-29)34(40)25-39(32-22-26(2)15-16-27(32)3)44(42,43)31-13-9-6-10-14-31/h5-20,22,33H,4,21,23-25H2,1-3H3,(H,37,41). The number of carbonyl (C=O) groups is 2. The largest absolute Gasteiger partial charge is 0.354 e. The number of amides is 2. The van der Waals surface area contributed by atoms with E-state index in [9.17, 15) is 18.0 Å². The Morgan fingerprint density at radius 2 is 1.48 bits per heavy atom. The first-order valence-corrected chi connectivity index (χ1v) is 16.8. The van der Waals surface area contributed by atoms with Crippen molar-refractivity contribution in [3.63, 3.8) is 0 Å². The van der Waals surface area contributed by atoms with E-state index in [-0.39, 0.29) is 23.8 Å². The first-order valence-electron chi connectivity index (χ1n) is 14.6. The van der Waals surface area contributed by atoms with Crippen molar-refractivity contribution in [1.29, 1.82) is 0 Å². The Balaban J connectivity index is 1.81. The van der Waals surface area contributed by atoms with Gasteiger partial charge in [-0.2, -0.15) is 0 Å². The Labute approximate surface area is 269 Å². The molecule has 1 N–H and O–H groups in total. The van der Waals surface area contributed by atoms with E-state index in [0.29, 0.717) is 17.8 Å². The van der Waals surface area contributed by atoms with E-state index < -0.39 is 28.5 Å². The summed E-state index contributed by atoms with van der Waals surface area (Å²) in [5.41, 5.74) is 3.69. The molecule has 2 amide bonds. The van der Waals surface area contributed by atoms with Crippen molar-refractivity contribution in [2.45, 2.75) is 51.1 Å². The average molecular weight is 677 g/mol. The maximum Gasteiger partial charge on any atom is 0.264 e. The highest BCUT2D eigenvalue weighted by Crippen LogP contribution is 2.29. The SMILES string of the molecule is CCCNC(=O)C(Cc1ccccc1)N(Cc1ccc(Br)cc1)C(=O)CN(c1cc(C)ccc1C)S(=O)(=O)c1ccccc1. The second-order valence-corrected chi connectivity index (χ2v) is 13.5. The van der Waals surface area contributed by atoms with E-state index in [1.54, 1.807) is 24.3 Å². The molecule has 0 aliphatic carbocycles. The Hall–Kier alpha value is -3.95. The number of sulfonamides is 1. The fourth-order valence-corrected chi connectivity index (χ4v) is 6.68. The molecule has 0 fully saturated rings. The molecule has 0 spiro atoms. The number of hydrogen-bond donors (Lipinski definition) is 1. The number of aryl methyl sites for hydroxylation is 2. The molecule has 4 rings (SSSR count). The Bertz CT molecular complexity index is 1660. The van der Waals surface area contributed by atoms with Crippen molar-refractivity contribution in [2.24, 2.45) is 0 Å². The van der Waals surface area contributed by atoms with Gasteiger partial charge in [-0.3, -0.25) is 13.9 Å². The monoisotopic (exact) mass is 675 g/mol.